The van der Waals surface area contributed by atoms with Gasteiger partial charge in [-0.3, -0.25) is 4.79 Å². The maximum atomic E-state index is 11.6. The molecule has 0 radical (unpaired) electrons. The normalized spacial score (nSPS) is 25.1. The molecular formula is C15H19N2O3+. The van der Waals surface area contributed by atoms with Crippen molar-refractivity contribution in [3.8, 4) is 0 Å². The van der Waals surface area contributed by atoms with Crippen molar-refractivity contribution in [2.45, 2.75) is 38.5 Å². The Labute approximate surface area is 118 Å². The summed E-state index contributed by atoms with van der Waals surface area (Å²) in [6.07, 6.45) is 1.63. The number of Topliss-reactive ketones (excluding diaryl/α,β-unsaturated/α-hetero) is 1. The number of hydrogen-bond donors (Lipinski definition) is 1. The highest BCUT2D eigenvalue weighted by Gasteiger charge is 2.49. The summed E-state index contributed by atoms with van der Waals surface area (Å²) in [7, 11) is 0. The molecule has 1 aromatic carbocycles. The van der Waals surface area contributed by atoms with Crippen LogP contribution in [0.15, 0.2) is 30.3 Å². The molecule has 0 saturated carbocycles. The van der Waals surface area contributed by atoms with Gasteiger partial charge in [0.25, 0.3) is 0 Å². The summed E-state index contributed by atoms with van der Waals surface area (Å²) in [5, 5.41) is 11.8. The van der Waals surface area contributed by atoms with Crippen molar-refractivity contribution in [2.24, 2.45) is 0 Å². The number of hydrogen-bond acceptors (Lipinski definition) is 3. The first-order chi connectivity index (χ1) is 9.66. The van der Waals surface area contributed by atoms with Gasteiger partial charge >= 0.3 is 6.02 Å². The molecule has 0 amide bonds. The third-order valence-corrected chi connectivity index (χ3v) is 4.03. The van der Waals surface area contributed by atoms with Crippen LogP contribution >= 0.6 is 0 Å². The van der Waals surface area contributed by atoms with Gasteiger partial charge in [0, 0.05) is 0 Å². The average Bonchev–Trinajstić information content (AvgIpc) is 2.70. The molecule has 3 rings (SSSR count). The fourth-order valence-electron chi connectivity index (χ4n) is 2.96. The molecule has 0 spiro atoms. The predicted octanol–water partition coefficient (Wildman–Crippen LogP) is 1.48. The summed E-state index contributed by atoms with van der Waals surface area (Å²) in [6, 6.07) is 9.84. The molecule has 1 saturated heterocycles. The zero-order valence-corrected chi connectivity index (χ0v) is 11.5. The second kappa shape index (κ2) is 5.25. The Bertz CT molecular complexity index is 541. The maximum absolute atomic E-state index is 11.6. The van der Waals surface area contributed by atoms with Crippen LogP contribution in [-0.2, 0) is 16.2 Å². The first kappa shape index (κ1) is 13.1. The fraction of sp³-hybridized carbons (Fsp3) is 0.467. The third-order valence-electron chi connectivity index (χ3n) is 4.03. The Hall–Kier alpha value is -1.88. The van der Waals surface area contributed by atoms with Crippen LogP contribution in [0.3, 0.4) is 0 Å². The van der Waals surface area contributed by atoms with Crippen molar-refractivity contribution in [1.29, 1.82) is 0 Å². The average molecular weight is 275 g/mol. The van der Waals surface area contributed by atoms with Crippen LogP contribution in [0.4, 0.5) is 0 Å². The predicted molar refractivity (Wildman–Crippen MR) is 73.3 cm³/mol. The van der Waals surface area contributed by atoms with E-state index in [1.807, 2.05) is 30.3 Å². The molecule has 2 bridgehead atoms. The van der Waals surface area contributed by atoms with E-state index < -0.39 is 0 Å². The smallest absolute Gasteiger partial charge is 0.445 e. The second-order valence-electron chi connectivity index (χ2n) is 5.39. The van der Waals surface area contributed by atoms with Gasteiger partial charge in [0.2, 0.25) is 0 Å². The lowest BCUT2D eigenvalue weighted by Crippen LogP contribution is -2.40. The molecule has 0 aliphatic carbocycles. The van der Waals surface area contributed by atoms with E-state index in [9.17, 15) is 9.90 Å². The Morgan fingerprint density at radius 1 is 1.40 bits per heavy atom. The maximum Gasteiger partial charge on any atom is 0.476 e. The number of ketones is 1. The highest BCUT2D eigenvalue weighted by molar-refractivity contribution is 5.81. The van der Waals surface area contributed by atoms with Crippen molar-refractivity contribution in [2.75, 3.05) is 6.54 Å². The number of nitrogens with zero attached hydrogens (tertiary/aromatic N) is 2. The van der Waals surface area contributed by atoms with E-state index in [1.165, 1.54) is 0 Å². The number of hydroxylamine groups is 2. The van der Waals surface area contributed by atoms with Crippen LogP contribution in [0.2, 0.25) is 0 Å². The topological polar surface area (TPSA) is 52.8 Å². The Morgan fingerprint density at radius 3 is 2.85 bits per heavy atom. The lowest BCUT2D eigenvalue weighted by atomic mass is 9.99. The monoisotopic (exact) mass is 275 g/mol. The molecule has 0 aromatic heterocycles. The Balaban J connectivity index is 1.72. The SMILES string of the molecule is CC(=O)[C@@H]1CC[C@@H]2C[N+]1=C(O)N2OCc1ccccc1. The Morgan fingerprint density at radius 2 is 2.15 bits per heavy atom. The van der Waals surface area contributed by atoms with E-state index in [2.05, 4.69) is 0 Å². The molecule has 1 N–H and O–H groups in total. The molecule has 2 heterocycles. The second-order valence-corrected chi connectivity index (χ2v) is 5.39. The number of amidine groups is 1. The van der Waals surface area contributed by atoms with E-state index in [4.69, 9.17) is 4.84 Å². The summed E-state index contributed by atoms with van der Waals surface area (Å²) in [4.78, 5) is 17.3. The molecular weight excluding hydrogens is 256 g/mol. The summed E-state index contributed by atoms with van der Waals surface area (Å²) >= 11 is 0. The number of aliphatic hydroxyl groups excluding tert-OH is 1. The van der Waals surface area contributed by atoms with E-state index >= 15 is 0 Å². The minimum absolute atomic E-state index is 0.0728. The van der Waals surface area contributed by atoms with Crippen molar-refractivity contribution in [3.05, 3.63) is 35.9 Å². The molecule has 5 nitrogen and oxygen atoms in total. The number of rotatable bonds is 4. The molecule has 2 aliphatic heterocycles. The molecule has 106 valence electrons. The molecule has 2 aliphatic rings. The van der Waals surface area contributed by atoms with Gasteiger partial charge in [-0.05, 0) is 25.3 Å². The summed E-state index contributed by atoms with van der Waals surface area (Å²) in [6.45, 7) is 2.65. The number of carbonyl (C=O) groups excluding carboxylic acids is 1. The fourth-order valence-corrected chi connectivity index (χ4v) is 2.96. The largest absolute Gasteiger partial charge is 0.476 e. The van der Waals surface area contributed by atoms with Crippen LogP contribution in [0.1, 0.15) is 25.3 Å². The van der Waals surface area contributed by atoms with Crippen molar-refractivity contribution >= 4 is 11.8 Å². The minimum Gasteiger partial charge on any atom is -0.445 e. The Kier molecular flexibility index (Phi) is 3.44. The van der Waals surface area contributed by atoms with Gasteiger partial charge in [0.1, 0.15) is 13.2 Å². The van der Waals surface area contributed by atoms with Crippen LogP contribution in [0, 0.1) is 0 Å². The van der Waals surface area contributed by atoms with Gasteiger partial charge < -0.3 is 5.11 Å². The lowest BCUT2D eigenvalue weighted by molar-refractivity contribution is -0.560. The highest BCUT2D eigenvalue weighted by Crippen LogP contribution is 2.25. The van der Waals surface area contributed by atoms with Crippen LogP contribution in [0.5, 0.6) is 0 Å². The molecule has 1 fully saturated rings. The van der Waals surface area contributed by atoms with Gasteiger partial charge in [0.15, 0.2) is 17.9 Å². The zero-order chi connectivity index (χ0) is 14.1. The van der Waals surface area contributed by atoms with E-state index in [0.29, 0.717) is 13.2 Å². The summed E-state index contributed by atoms with van der Waals surface area (Å²) in [5.41, 5.74) is 1.06. The number of carbonyl (C=O) groups is 1. The standard InChI is InChI=1S/C15H18N2O3/c1-11(18)14-8-7-13-9-16(14)15(19)17(13)20-10-12-5-3-2-4-6-12/h2-6,13-14H,7-10H2,1H3/p+1/t13-,14+/m1/s1. The first-order valence-corrected chi connectivity index (χ1v) is 6.96. The molecule has 0 unspecified atom stereocenters. The molecule has 2 atom stereocenters. The number of benzene rings is 1. The molecule has 5 heteroatoms. The van der Waals surface area contributed by atoms with Crippen molar-refractivity contribution < 1.29 is 19.3 Å². The van der Waals surface area contributed by atoms with Crippen LogP contribution in [0.25, 0.3) is 0 Å². The van der Waals surface area contributed by atoms with E-state index in [0.717, 1.165) is 18.4 Å². The number of aliphatic hydroxyl groups is 1. The van der Waals surface area contributed by atoms with Gasteiger partial charge in [-0.15, -0.1) is 0 Å². The lowest BCUT2D eigenvalue weighted by Gasteiger charge is -2.20. The molecule has 1 aromatic rings. The van der Waals surface area contributed by atoms with E-state index in [1.54, 1.807) is 16.6 Å². The highest BCUT2D eigenvalue weighted by atomic mass is 16.7. The first-order valence-electron chi connectivity index (χ1n) is 6.96. The van der Waals surface area contributed by atoms with Gasteiger partial charge in [0.05, 0.1) is 0 Å². The van der Waals surface area contributed by atoms with Gasteiger partial charge in [-0.1, -0.05) is 35.4 Å². The minimum atomic E-state index is -0.212. The van der Waals surface area contributed by atoms with Gasteiger partial charge in [-0.25, -0.2) is 4.58 Å². The van der Waals surface area contributed by atoms with Crippen LogP contribution in [-0.4, -0.2) is 45.2 Å². The number of fused-ring (bicyclic) bond motifs is 2. The summed E-state index contributed by atoms with van der Waals surface area (Å²) < 4.78 is 1.75. The number of piperidine rings is 1. The molecule has 20 heavy (non-hydrogen) atoms. The van der Waals surface area contributed by atoms with Gasteiger partial charge in [-0.2, -0.15) is 4.84 Å². The van der Waals surface area contributed by atoms with Crippen molar-refractivity contribution in [3.63, 3.8) is 0 Å². The zero-order valence-electron chi connectivity index (χ0n) is 11.5. The van der Waals surface area contributed by atoms with Crippen LogP contribution < -0.4 is 0 Å². The van der Waals surface area contributed by atoms with Crippen molar-refractivity contribution in [1.82, 2.24) is 5.06 Å². The quantitative estimate of drug-likeness (QED) is 0.846. The summed E-state index contributed by atoms with van der Waals surface area (Å²) in [5.74, 6) is 0.0971. The van der Waals surface area contributed by atoms with E-state index in [-0.39, 0.29) is 23.9 Å². The third kappa shape index (κ3) is 2.29.